The standard InChI is InChI=1S/C17H32N2O.ClH/c1-13(14-5-4-10-18-12-14)11-16(20)19-15-6-8-17(2,3)9-7-15;/h13-15,18H,4-12H2,1-3H3,(H,19,20);1H. The lowest BCUT2D eigenvalue weighted by atomic mass is 9.75. The van der Waals surface area contributed by atoms with Crippen molar-refractivity contribution in [2.24, 2.45) is 17.3 Å². The molecular formula is C17H33ClN2O. The Balaban J connectivity index is 0.00000220. The van der Waals surface area contributed by atoms with E-state index in [4.69, 9.17) is 0 Å². The normalized spacial score (nSPS) is 27.5. The second-order valence-electron chi connectivity index (χ2n) is 7.79. The molecule has 0 aromatic rings. The van der Waals surface area contributed by atoms with E-state index in [2.05, 4.69) is 31.4 Å². The van der Waals surface area contributed by atoms with E-state index < -0.39 is 0 Å². The molecule has 0 radical (unpaired) electrons. The molecule has 3 nitrogen and oxygen atoms in total. The molecule has 4 heteroatoms. The number of hydrogen-bond donors (Lipinski definition) is 2. The maximum absolute atomic E-state index is 12.2. The summed E-state index contributed by atoms with van der Waals surface area (Å²) in [6, 6.07) is 0.423. The Kier molecular flexibility index (Phi) is 7.49. The molecule has 0 aromatic heterocycles. The van der Waals surface area contributed by atoms with E-state index in [1.807, 2.05) is 0 Å². The quantitative estimate of drug-likeness (QED) is 0.833. The van der Waals surface area contributed by atoms with E-state index in [0.717, 1.165) is 25.9 Å². The molecule has 124 valence electrons. The molecule has 2 N–H and O–H groups in total. The van der Waals surface area contributed by atoms with Gasteiger partial charge in [-0.1, -0.05) is 20.8 Å². The molecule has 2 fully saturated rings. The van der Waals surface area contributed by atoms with Crippen LogP contribution in [0.1, 0.15) is 65.7 Å². The van der Waals surface area contributed by atoms with Crippen molar-refractivity contribution in [2.45, 2.75) is 71.8 Å². The molecule has 2 rings (SSSR count). The van der Waals surface area contributed by atoms with Crippen molar-refractivity contribution in [3.8, 4) is 0 Å². The van der Waals surface area contributed by atoms with Gasteiger partial charge in [0.25, 0.3) is 0 Å². The first-order valence-corrected chi connectivity index (χ1v) is 8.46. The van der Waals surface area contributed by atoms with Crippen LogP contribution in [0.2, 0.25) is 0 Å². The van der Waals surface area contributed by atoms with Crippen LogP contribution < -0.4 is 10.6 Å². The van der Waals surface area contributed by atoms with E-state index in [1.54, 1.807) is 0 Å². The summed E-state index contributed by atoms with van der Waals surface area (Å²) < 4.78 is 0. The number of halogens is 1. The van der Waals surface area contributed by atoms with Crippen LogP contribution in [0.5, 0.6) is 0 Å². The van der Waals surface area contributed by atoms with Crippen molar-refractivity contribution in [3.05, 3.63) is 0 Å². The molecule has 2 aliphatic rings. The first-order chi connectivity index (χ1) is 9.46. The Bertz CT molecular complexity index is 317. The zero-order valence-corrected chi connectivity index (χ0v) is 14.7. The summed E-state index contributed by atoms with van der Waals surface area (Å²) in [6.45, 7) is 9.15. The van der Waals surface area contributed by atoms with Crippen LogP contribution in [-0.4, -0.2) is 25.0 Å². The van der Waals surface area contributed by atoms with Crippen molar-refractivity contribution in [2.75, 3.05) is 13.1 Å². The Labute approximate surface area is 136 Å². The van der Waals surface area contributed by atoms with E-state index in [0.29, 0.717) is 29.7 Å². The van der Waals surface area contributed by atoms with Crippen LogP contribution in [0.25, 0.3) is 0 Å². The fourth-order valence-electron chi connectivity index (χ4n) is 3.65. The average molecular weight is 317 g/mol. The minimum absolute atomic E-state index is 0. The lowest BCUT2D eigenvalue weighted by molar-refractivity contribution is -0.123. The zero-order valence-electron chi connectivity index (χ0n) is 13.9. The fraction of sp³-hybridized carbons (Fsp3) is 0.941. The van der Waals surface area contributed by atoms with Crippen molar-refractivity contribution < 1.29 is 4.79 Å². The smallest absolute Gasteiger partial charge is 0.220 e. The molecular weight excluding hydrogens is 284 g/mol. The van der Waals surface area contributed by atoms with Gasteiger partial charge in [-0.25, -0.2) is 0 Å². The number of amides is 1. The Morgan fingerprint density at radius 3 is 2.52 bits per heavy atom. The van der Waals surface area contributed by atoms with Crippen LogP contribution in [0.4, 0.5) is 0 Å². The summed E-state index contributed by atoms with van der Waals surface area (Å²) in [5.41, 5.74) is 0.474. The van der Waals surface area contributed by atoms with Gasteiger partial charge in [-0.05, 0) is 68.9 Å². The van der Waals surface area contributed by atoms with E-state index in [9.17, 15) is 4.79 Å². The van der Waals surface area contributed by atoms with Crippen LogP contribution in [0, 0.1) is 17.3 Å². The molecule has 2 unspecified atom stereocenters. The Morgan fingerprint density at radius 2 is 1.95 bits per heavy atom. The predicted molar refractivity (Wildman–Crippen MR) is 90.8 cm³/mol. The number of carbonyl (C=O) groups is 1. The lowest BCUT2D eigenvalue weighted by Crippen LogP contribution is -2.41. The molecule has 1 saturated carbocycles. The number of nitrogens with one attached hydrogen (secondary N) is 2. The molecule has 0 aromatic carbocycles. The lowest BCUT2D eigenvalue weighted by Gasteiger charge is -2.35. The van der Waals surface area contributed by atoms with Crippen LogP contribution >= 0.6 is 12.4 Å². The molecule has 1 heterocycles. The van der Waals surface area contributed by atoms with Crippen molar-refractivity contribution in [3.63, 3.8) is 0 Å². The van der Waals surface area contributed by atoms with Gasteiger partial charge in [-0.15, -0.1) is 12.4 Å². The summed E-state index contributed by atoms with van der Waals surface area (Å²) in [6.07, 6.45) is 8.01. The molecule has 1 amide bonds. The molecule has 1 saturated heterocycles. The third kappa shape index (κ3) is 6.15. The molecule has 0 spiro atoms. The predicted octanol–water partition coefficient (Wildman–Crippen LogP) is 3.52. The second-order valence-corrected chi connectivity index (χ2v) is 7.79. The summed E-state index contributed by atoms with van der Waals surface area (Å²) in [5.74, 6) is 1.45. The third-order valence-electron chi connectivity index (χ3n) is 5.35. The van der Waals surface area contributed by atoms with Crippen LogP contribution in [0.15, 0.2) is 0 Å². The van der Waals surface area contributed by atoms with Gasteiger partial charge in [0.1, 0.15) is 0 Å². The number of rotatable bonds is 4. The topological polar surface area (TPSA) is 41.1 Å². The monoisotopic (exact) mass is 316 g/mol. The summed E-state index contributed by atoms with van der Waals surface area (Å²) in [4.78, 5) is 12.2. The molecule has 1 aliphatic carbocycles. The summed E-state index contributed by atoms with van der Waals surface area (Å²) in [7, 11) is 0. The minimum atomic E-state index is 0. The van der Waals surface area contributed by atoms with E-state index in [-0.39, 0.29) is 18.3 Å². The maximum Gasteiger partial charge on any atom is 0.220 e. The highest BCUT2D eigenvalue weighted by Crippen LogP contribution is 2.35. The van der Waals surface area contributed by atoms with Crippen molar-refractivity contribution >= 4 is 18.3 Å². The molecule has 1 aliphatic heterocycles. The van der Waals surface area contributed by atoms with E-state index in [1.165, 1.54) is 25.7 Å². The first-order valence-electron chi connectivity index (χ1n) is 8.46. The largest absolute Gasteiger partial charge is 0.353 e. The Morgan fingerprint density at radius 1 is 1.29 bits per heavy atom. The summed E-state index contributed by atoms with van der Waals surface area (Å²) >= 11 is 0. The SMILES string of the molecule is CC(CC(=O)NC1CCC(C)(C)CC1)C1CCCNC1.Cl. The number of carbonyl (C=O) groups excluding carboxylic acids is 1. The molecule has 0 bridgehead atoms. The number of hydrogen-bond acceptors (Lipinski definition) is 2. The van der Waals surface area contributed by atoms with E-state index >= 15 is 0 Å². The highest BCUT2D eigenvalue weighted by atomic mass is 35.5. The van der Waals surface area contributed by atoms with Gasteiger partial charge in [-0.3, -0.25) is 4.79 Å². The van der Waals surface area contributed by atoms with Gasteiger partial charge in [0.05, 0.1) is 0 Å². The highest BCUT2D eigenvalue weighted by molar-refractivity contribution is 5.85. The summed E-state index contributed by atoms with van der Waals surface area (Å²) in [5, 5.41) is 6.71. The Hall–Kier alpha value is -0.280. The maximum atomic E-state index is 12.2. The van der Waals surface area contributed by atoms with Crippen LogP contribution in [-0.2, 0) is 4.79 Å². The van der Waals surface area contributed by atoms with Crippen molar-refractivity contribution in [1.82, 2.24) is 10.6 Å². The van der Waals surface area contributed by atoms with Crippen molar-refractivity contribution in [1.29, 1.82) is 0 Å². The first kappa shape index (κ1) is 18.8. The molecule has 21 heavy (non-hydrogen) atoms. The van der Waals surface area contributed by atoms with Crippen LogP contribution in [0.3, 0.4) is 0 Å². The molecule has 2 atom stereocenters. The number of piperidine rings is 1. The van der Waals surface area contributed by atoms with Gasteiger partial charge < -0.3 is 10.6 Å². The van der Waals surface area contributed by atoms with Gasteiger partial charge in [0.15, 0.2) is 0 Å². The second kappa shape index (κ2) is 8.38. The zero-order chi connectivity index (χ0) is 14.6. The fourth-order valence-corrected chi connectivity index (χ4v) is 3.65. The third-order valence-corrected chi connectivity index (χ3v) is 5.35. The van der Waals surface area contributed by atoms with Gasteiger partial charge in [0, 0.05) is 12.5 Å². The highest BCUT2D eigenvalue weighted by Gasteiger charge is 2.28. The minimum Gasteiger partial charge on any atom is -0.353 e. The average Bonchev–Trinajstić information content (AvgIpc) is 2.42. The van der Waals surface area contributed by atoms with Gasteiger partial charge in [0.2, 0.25) is 5.91 Å². The van der Waals surface area contributed by atoms with Gasteiger partial charge in [-0.2, -0.15) is 0 Å². The van der Waals surface area contributed by atoms with Gasteiger partial charge >= 0.3 is 0 Å².